The minimum atomic E-state index is -3.68. The molecule has 0 atom stereocenters. The van der Waals surface area contributed by atoms with Crippen LogP contribution in [-0.2, 0) is 26.3 Å². The highest BCUT2D eigenvalue weighted by Crippen LogP contribution is 2.20. The SMILES string of the molecule is CN(CCCCCc1cc(-c2cccc(F)c2)n[nH]1)S(=O)(=O)c1ccc(S(C)(=O)=O)cc1. The fourth-order valence-electron chi connectivity index (χ4n) is 3.27. The molecule has 0 aliphatic carbocycles. The Morgan fingerprint density at radius 1 is 0.938 bits per heavy atom. The standard InChI is InChI=1S/C22H26FN3O4S2/c1-26(32(29,30)21-12-10-20(11-13-21)31(2,27)28)14-5-3-4-9-19-16-22(25-24-19)17-7-6-8-18(23)15-17/h6-8,10-13,15-16H,3-5,9,14H2,1-2H3,(H,24,25). The number of aromatic nitrogens is 2. The van der Waals surface area contributed by atoms with Crippen LogP contribution in [0.1, 0.15) is 25.0 Å². The Morgan fingerprint density at radius 3 is 2.28 bits per heavy atom. The maximum Gasteiger partial charge on any atom is 0.242 e. The molecule has 0 saturated carbocycles. The van der Waals surface area contributed by atoms with Crippen molar-refractivity contribution in [2.45, 2.75) is 35.5 Å². The highest BCUT2D eigenvalue weighted by Gasteiger charge is 2.21. The molecule has 172 valence electrons. The van der Waals surface area contributed by atoms with Crippen molar-refractivity contribution in [2.75, 3.05) is 19.8 Å². The summed E-state index contributed by atoms with van der Waals surface area (Å²) in [7, 11) is -5.54. The average molecular weight is 480 g/mol. The van der Waals surface area contributed by atoms with Crippen LogP contribution in [0.5, 0.6) is 0 Å². The van der Waals surface area contributed by atoms with Crippen LogP contribution in [0.2, 0.25) is 0 Å². The first-order chi connectivity index (χ1) is 15.1. The first-order valence-electron chi connectivity index (χ1n) is 10.1. The maximum absolute atomic E-state index is 13.4. The number of unbranched alkanes of at least 4 members (excludes halogenated alkanes) is 2. The Morgan fingerprint density at radius 2 is 1.62 bits per heavy atom. The van der Waals surface area contributed by atoms with E-state index in [0.29, 0.717) is 24.2 Å². The molecular weight excluding hydrogens is 453 g/mol. The molecule has 0 aliphatic rings. The van der Waals surface area contributed by atoms with Crippen molar-refractivity contribution in [3.05, 3.63) is 66.1 Å². The topological polar surface area (TPSA) is 100 Å². The van der Waals surface area contributed by atoms with Crippen LogP contribution >= 0.6 is 0 Å². The normalized spacial score (nSPS) is 12.4. The highest BCUT2D eigenvalue weighted by atomic mass is 32.2. The van der Waals surface area contributed by atoms with Crippen LogP contribution in [0, 0.1) is 5.82 Å². The number of rotatable bonds is 10. The van der Waals surface area contributed by atoms with Gasteiger partial charge in [-0.3, -0.25) is 5.10 Å². The van der Waals surface area contributed by atoms with Crippen LogP contribution in [0.4, 0.5) is 4.39 Å². The van der Waals surface area contributed by atoms with Gasteiger partial charge >= 0.3 is 0 Å². The van der Waals surface area contributed by atoms with Crippen molar-refractivity contribution in [3.63, 3.8) is 0 Å². The van der Waals surface area contributed by atoms with Crippen molar-refractivity contribution in [1.82, 2.24) is 14.5 Å². The molecule has 0 fully saturated rings. The van der Waals surface area contributed by atoms with Gasteiger partial charge in [0.25, 0.3) is 0 Å². The van der Waals surface area contributed by atoms with Gasteiger partial charge in [0.1, 0.15) is 5.82 Å². The lowest BCUT2D eigenvalue weighted by Crippen LogP contribution is -2.28. The molecule has 1 heterocycles. The number of aromatic amines is 1. The molecule has 0 aliphatic heterocycles. The Balaban J connectivity index is 1.47. The molecule has 3 aromatic rings. The van der Waals surface area contributed by atoms with Crippen molar-refractivity contribution >= 4 is 19.9 Å². The second-order valence-electron chi connectivity index (χ2n) is 7.67. The summed E-state index contributed by atoms with van der Waals surface area (Å²) in [6.07, 6.45) is 4.19. The molecule has 1 aromatic heterocycles. The van der Waals surface area contributed by atoms with Crippen LogP contribution in [0.25, 0.3) is 11.3 Å². The first-order valence-corrected chi connectivity index (χ1v) is 13.5. The molecule has 0 amide bonds. The van der Waals surface area contributed by atoms with Crippen LogP contribution in [-0.4, -0.2) is 51.2 Å². The summed E-state index contributed by atoms with van der Waals surface area (Å²) >= 11 is 0. The summed E-state index contributed by atoms with van der Waals surface area (Å²) in [5.41, 5.74) is 2.34. The third kappa shape index (κ3) is 6.02. The van der Waals surface area contributed by atoms with E-state index in [2.05, 4.69) is 10.2 Å². The molecule has 10 heteroatoms. The lowest BCUT2D eigenvalue weighted by molar-refractivity contribution is 0.452. The predicted octanol–water partition coefficient (Wildman–Crippen LogP) is 3.65. The van der Waals surface area contributed by atoms with Crippen molar-refractivity contribution in [1.29, 1.82) is 0 Å². The second kappa shape index (κ2) is 9.93. The largest absolute Gasteiger partial charge is 0.282 e. The van der Waals surface area contributed by atoms with Crippen LogP contribution in [0.3, 0.4) is 0 Å². The van der Waals surface area contributed by atoms with E-state index in [0.717, 1.165) is 31.2 Å². The van der Waals surface area contributed by atoms with E-state index in [4.69, 9.17) is 0 Å². The lowest BCUT2D eigenvalue weighted by Gasteiger charge is -2.17. The number of nitrogens with zero attached hydrogens (tertiary/aromatic N) is 2. The summed E-state index contributed by atoms with van der Waals surface area (Å²) < 4.78 is 63.1. The minimum Gasteiger partial charge on any atom is -0.282 e. The Bertz CT molecular complexity index is 1270. The fourth-order valence-corrected chi connectivity index (χ4v) is 5.11. The third-order valence-electron chi connectivity index (χ3n) is 5.13. The number of aryl methyl sites for hydroxylation is 1. The average Bonchev–Trinajstić information content (AvgIpc) is 3.22. The number of sulfone groups is 1. The molecule has 0 radical (unpaired) electrons. The minimum absolute atomic E-state index is 0.0646. The van der Waals surface area contributed by atoms with E-state index in [9.17, 15) is 21.2 Å². The Hall–Kier alpha value is -2.56. The van der Waals surface area contributed by atoms with E-state index in [1.165, 1.54) is 47.8 Å². The van der Waals surface area contributed by atoms with Gasteiger partial charge in [-0.1, -0.05) is 18.6 Å². The number of benzene rings is 2. The highest BCUT2D eigenvalue weighted by molar-refractivity contribution is 7.90. The summed E-state index contributed by atoms with van der Waals surface area (Å²) in [4.78, 5) is 0.146. The van der Waals surface area contributed by atoms with Gasteiger partial charge in [0.2, 0.25) is 10.0 Å². The Kier molecular flexibility index (Phi) is 7.47. The Labute approximate surface area is 188 Å². The molecule has 0 spiro atoms. The molecule has 1 N–H and O–H groups in total. The van der Waals surface area contributed by atoms with Gasteiger partial charge in [-0.05, 0) is 61.7 Å². The van der Waals surface area contributed by atoms with E-state index in [-0.39, 0.29) is 15.6 Å². The van der Waals surface area contributed by atoms with E-state index < -0.39 is 19.9 Å². The molecular formula is C22H26FN3O4S2. The van der Waals surface area contributed by atoms with Crippen LogP contribution < -0.4 is 0 Å². The maximum atomic E-state index is 13.4. The number of H-pyrrole nitrogens is 1. The van der Waals surface area contributed by atoms with E-state index in [1.807, 2.05) is 6.07 Å². The molecule has 0 saturated heterocycles. The van der Waals surface area contributed by atoms with Gasteiger partial charge in [-0.2, -0.15) is 5.10 Å². The van der Waals surface area contributed by atoms with Crippen molar-refractivity contribution < 1.29 is 21.2 Å². The third-order valence-corrected chi connectivity index (χ3v) is 8.13. The first kappa shape index (κ1) is 24.1. The van der Waals surface area contributed by atoms with Crippen molar-refractivity contribution in [3.8, 4) is 11.3 Å². The lowest BCUT2D eigenvalue weighted by atomic mass is 10.1. The molecule has 0 bridgehead atoms. The summed E-state index contributed by atoms with van der Waals surface area (Å²) in [5.74, 6) is -0.308. The predicted molar refractivity (Wildman–Crippen MR) is 121 cm³/mol. The zero-order chi connectivity index (χ0) is 23.4. The molecule has 0 unspecified atom stereocenters. The van der Waals surface area contributed by atoms with Crippen molar-refractivity contribution in [2.24, 2.45) is 0 Å². The summed E-state index contributed by atoms with van der Waals surface area (Å²) in [6, 6.07) is 13.4. The van der Waals surface area contributed by atoms with E-state index in [1.54, 1.807) is 12.1 Å². The molecule has 7 nitrogen and oxygen atoms in total. The van der Waals surface area contributed by atoms with E-state index >= 15 is 0 Å². The zero-order valence-corrected chi connectivity index (χ0v) is 19.6. The molecule has 2 aromatic carbocycles. The van der Waals surface area contributed by atoms with Gasteiger partial charge in [-0.15, -0.1) is 0 Å². The number of sulfonamides is 1. The van der Waals surface area contributed by atoms with Crippen LogP contribution in [0.15, 0.2) is 64.4 Å². The summed E-state index contributed by atoms with van der Waals surface area (Å²) in [6.45, 7) is 0.355. The summed E-state index contributed by atoms with van der Waals surface area (Å²) in [5, 5.41) is 7.19. The quantitative estimate of drug-likeness (QED) is 0.448. The number of nitrogens with one attached hydrogen (secondary N) is 1. The van der Waals surface area contributed by atoms with Gasteiger partial charge < -0.3 is 0 Å². The van der Waals surface area contributed by atoms with Gasteiger partial charge in [0.15, 0.2) is 9.84 Å². The van der Waals surface area contributed by atoms with Gasteiger partial charge in [0.05, 0.1) is 15.5 Å². The van der Waals surface area contributed by atoms with Gasteiger partial charge in [0, 0.05) is 31.1 Å². The number of hydrogen-bond acceptors (Lipinski definition) is 5. The second-order valence-corrected chi connectivity index (χ2v) is 11.7. The smallest absolute Gasteiger partial charge is 0.242 e. The fraction of sp³-hybridized carbons (Fsp3) is 0.318. The number of hydrogen-bond donors (Lipinski definition) is 1. The monoisotopic (exact) mass is 479 g/mol. The zero-order valence-electron chi connectivity index (χ0n) is 18.0. The van der Waals surface area contributed by atoms with Gasteiger partial charge in [-0.25, -0.2) is 25.5 Å². The molecule has 3 rings (SSSR count). The number of halogens is 1. The molecule has 32 heavy (non-hydrogen) atoms.